The molecule has 3 rings (SSSR count). The van der Waals surface area contributed by atoms with Crippen molar-refractivity contribution in [2.45, 2.75) is 11.4 Å². The van der Waals surface area contributed by atoms with Crippen LogP contribution in [0, 0.1) is 0 Å². The molecule has 0 aliphatic carbocycles. The van der Waals surface area contributed by atoms with Gasteiger partial charge >= 0.3 is 0 Å². The Morgan fingerprint density at radius 2 is 1.68 bits per heavy atom. The first kappa shape index (κ1) is 14.5. The number of hydrogen-bond donors (Lipinski definition) is 1. The van der Waals surface area contributed by atoms with Crippen molar-refractivity contribution in [2.75, 3.05) is 11.6 Å². The normalized spacial score (nSPS) is 11.5. The number of benzene rings is 2. The minimum absolute atomic E-state index is 0.321. The van der Waals surface area contributed by atoms with E-state index in [0.717, 1.165) is 16.6 Å². The summed E-state index contributed by atoms with van der Waals surface area (Å²) in [5.41, 5.74) is 2.66. The summed E-state index contributed by atoms with van der Waals surface area (Å²) < 4.78 is 22.8. The van der Waals surface area contributed by atoms with Gasteiger partial charge in [-0.2, -0.15) is 0 Å². The molecule has 2 aromatic carbocycles. The van der Waals surface area contributed by atoms with Gasteiger partial charge in [-0.1, -0.05) is 24.3 Å². The van der Waals surface area contributed by atoms with Crippen molar-refractivity contribution in [3.8, 4) is 0 Å². The molecule has 0 aliphatic rings. The van der Waals surface area contributed by atoms with E-state index < -0.39 is 9.84 Å². The van der Waals surface area contributed by atoms with Gasteiger partial charge < -0.3 is 5.32 Å². The highest BCUT2D eigenvalue weighted by Crippen LogP contribution is 2.14. The van der Waals surface area contributed by atoms with Crippen LogP contribution >= 0.6 is 0 Å². The molecule has 5 nitrogen and oxygen atoms in total. The summed E-state index contributed by atoms with van der Waals surface area (Å²) in [5, 5.41) is 3.19. The molecule has 0 spiro atoms. The van der Waals surface area contributed by atoms with Crippen molar-refractivity contribution in [1.29, 1.82) is 0 Å². The van der Waals surface area contributed by atoms with E-state index in [9.17, 15) is 8.42 Å². The van der Waals surface area contributed by atoms with Crippen LogP contribution in [0.1, 0.15) is 5.56 Å². The van der Waals surface area contributed by atoms with Gasteiger partial charge in [0.15, 0.2) is 9.84 Å². The molecular formula is C16H15N3O2S. The van der Waals surface area contributed by atoms with E-state index in [4.69, 9.17) is 0 Å². The second-order valence-electron chi connectivity index (χ2n) is 5.01. The average Bonchev–Trinajstić information content (AvgIpc) is 2.52. The number of hydrogen-bond acceptors (Lipinski definition) is 5. The molecule has 0 saturated carbocycles. The van der Waals surface area contributed by atoms with Gasteiger partial charge in [-0.25, -0.2) is 13.4 Å². The highest BCUT2D eigenvalue weighted by Gasteiger charge is 2.06. The second kappa shape index (κ2) is 5.73. The van der Waals surface area contributed by atoms with E-state index in [1.54, 1.807) is 30.5 Å². The summed E-state index contributed by atoms with van der Waals surface area (Å²) in [6.07, 6.45) is 2.89. The van der Waals surface area contributed by atoms with Gasteiger partial charge in [-0.05, 0) is 29.8 Å². The van der Waals surface area contributed by atoms with Crippen molar-refractivity contribution in [3.05, 3.63) is 60.3 Å². The van der Waals surface area contributed by atoms with Gasteiger partial charge in [-0.3, -0.25) is 4.98 Å². The lowest BCUT2D eigenvalue weighted by Crippen LogP contribution is -2.03. The molecule has 112 valence electrons. The lowest BCUT2D eigenvalue weighted by molar-refractivity contribution is 0.602. The Morgan fingerprint density at radius 3 is 2.36 bits per heavy atom. The molecule has 1 N–H and O–H groups in total. The Bertz CT molecular complexity index is 906. The summed E-state index contributed by atoms with van der Waals surface area (Å²) in [4.78, 5) is 9.13. The first-order valence-electron chi connectivity index (χ1n) is 6.77. The summed E-state index contributed by atoms with van der Waals surface area (Å²) >= 11 is 0. The SMILES string of the molecule is CS(=O)(=O)c1ccc(CNc2cnc3ccccc3n2)cc1. The Labute approximate surface area is 129 Å². The number of rotatable bonds is 4. The van der Waals surface area contributed by atoms with Crippen LogP contribution in [-0.2, 0) is 16.4 Å². The predicted octanol–water partition coefficient (Wildman–Crippen LogP) is 2.65. The first-order valence-corrected chi connectivity index (χ1v) is 8.66. The zero-order chi connectivity index (χ0) is 15.6. The molecule has 1 aromatic heterocycles. The topological polar surface area (TPSA) is 72.0 Å². The van der Waals surface area contributed by atoms with E-state index in [1.807, 2.05) is 24.3 Å². The monoisotopic (exact) mass is 313 g/mol. The van der Waals surface area contributed by atoms with Gasteiger partial charge in [0.2, 0.25) is 0 Å². The van der Waals surface area contributed by atoms with Crippen LogP contribution in [0.2, 0.25) is 0 Å². The highest BCUT2D eigenvalue weighted by molar-refractivity contribution is 7.90. The van der Waals surface area contributed by atoms with Gasteiger partial charge in [0.1, 0.15) is 5.82 Å². The van der Waals surface area contributed by atoms with Gasteiger partial charge in [0, 0.05) is 12.8 Å². The summed E-state index contributed by atoms with van der Waals surface area (Å²) in [6, 6.07) is 14.5. The molecule has 0 bridgehead atoms. The zero-order valence-electron chi connectivity index (χ0n) is 12.0. The first-order chi connectivity index (χ1) is 10.5. The summed E-state index contributed by atoms with van der Waals surface area (Å²) in [6.45, 7) is 0.553. The van der Waals surface area contributed by atoms with E-state index >= 15 is 0 Å². The Balaban J connectivity index is 1.73. The molecule has 0 radical (unpaired) electrons. The maximum absolute atomic E-state index is 11.4. The molecule has 0 aliphatic heterocycles. The Morgan fingerprint density at radius 1 is 1.00 bits per heavy atom. The number of para-hydroxylation sites is 2. The van der Waals surface area contributed by atoms with Crippen molar-refractivity contribution in [2.24, 2.45) is 0 Å². The number of nitrogens with one attached hydrogen (secondary N) is 1. The summed E-state index contributed by atoms with van der Waals surface area (Å²) in [5.74, 6) is 0.686. The fourth-order valence-corrected chi connectivity index (χ4v) is 2.72. The van der Waals surface area contributed by atoms with Crippen LogP contribution < -0.4 is 5.32 Å². The van der Waals surface area contributed by atoms with Crippen LogP contribution in [0.25, 0.3) is 11.0 Å². The van der Waals surface area contributed by atoms with Crippen molar-refractivity contribution >= 4 is 26.7 Å². The summed E-state index contributed by atoms with van der Waals surface area (Å²) in [7, 11) is -3.15. The van der Waals surface area contributed by atoms with E-state index in [0.29, 0.717) is 17.3 Å². The third kappa shape index (κ3) is 3.23. The number of anilines is 1. The van der Waals surface area contributed by atoms with E-state index in [-0.39, 0.29) is 0 Å². The lowest BCUT2D eigenvalue weighted by atomic mass is 10.2. The largest absolute Gasteiger partial charge is 0.365 e. The fourth-order valence-electron chi connectivity index (χ4n) is 2.09. The van der Waals surface area contributed by atoms with E-state index in [2.05, 4.69) is 15.3 Å². The highest BCUT2D eigenvalue weighted by atomic mass is 32.2. The molecule has 3 aromatic rings. The van der Waals surface area contributed by atoms with Crippen LogP contribution in [0.15, 0.2) is 59.6 Å². The van der Waals surface area contributed by atoms with Crippen molar-refractivity contribution in [3.63, 3.8) is 0 Å². The van der Waals surface area contributed by atoms with Gasteiger partial charge in [-0.15, -0.1) is 0 Å². The lowest BCUT2D eigenvalue weighted by Gasteiger charge is -2.07. The fraction of sp³-hybridized carbons (Fsp3) is 0.125. The minimum atomic E-state index is -3.15. The van der Waals surface area contributed by atoms with Crippen molar-refractivity contribution < 1.29 is 8.42 Å². The smallest absolute Gasteiger partial charge is 0.175 e. The maximum atomic E-state index is 11.4. The molecule has 0 unspecified atom stereocenters. The van der Waals surface area contributed by atoms with Crippen molar-refractivity contribution in [1.82, 2.24) is 9.97 Å². The molecule has 1 heterocycles. The predicted molar refractivity (Wildman–Crippen MR) is 86.4 cm³/mol. The number of fused-ring (bicyclic) bond motifs is 1. The Hall–Kier alpha value is -2.47. The molecule has 0 fully saturated rings. The minimum Gasteiger partial charge on any atom is -0.365 e. The standard InChI is InChI=1S/C16H15N3O2S/c1-22(20,21)13-8-6-12(7-9-13)10-18-16-11-17-14-4-2-3-5-15(14)19-16/h2-9,11H,10H2,1H3,(H,18,19). The third-order valence-electron chi connectivity index (χ3n) is 3.27. The zero-order valence-corrected chi connectivity index (χ0v) is 12.8. The third-order valence-corrected chi connectivity index (χ3v) is 4.40. The van der Waals surface area contributed by atoms with E-state index in [1.165, 1.54) is 6.26 Å². The van der Waals surface area contributed by atoms with Gasteiger partial charge in [0.05, 0.1) is 22.1 Å². The number of aromatic nitrogens is 2. The van der Waals surface area contributed by atoms with Crippen LogP contribution in [0.3, 0.4) is 0 Å². The van der Waals surface area contributed by atoms with Gasteiger partial charge in [0.25, 0.3) is 0 Å². The van der Waals surface area contributed by atoms with Crippen LogP contribution in [0.5, 0.6) is 0 Å². The number of sulfone groups is 1. The van der Waals surface area contributed by atoms with Crippen LogP contribution in [0.4, 0.5) is 5.82 Å². The van der Waals surface area contributed by atoms with Crippen LogP contribution in [-0.4, -0.2) is 24.6 Å². The quantitative estimate of drug-likeness (QED) is 0.801. The molecule has 6 heteroatoms. The molecule has 22 heavy (non-hydrogen) atoms. The Kier molecular flexibility index (Phi) is 3.77. The molecule has 0 saturated heterocycles. The molecular weight excluding hydrogens is 298 g/mol. The number of nitrogens with zero attached hydrogens (tertiary/aromatic N) is 2. The molecule has 0 atom stereocenters. The second-order valence-corrected chi connectivity index (χ2v) is 7.03. The molecule has 0 amide bonds. The average molecular weight is 313 g/mol. The maximum Gasteiger partial charge on any atom is 0.175 e.